The van der Waals surface area contributed by atoms with Crippen molar-refractivity contribution in [2.45, 2.75) is 58.0 Å². The molecule has 2 fully saturated rings. The highest BCUT2D eigenvalue weighted by Crippen LogP contribution is 2.44. The van der Waals surface area contributed by atoms with E-state index < -0.39 is 0 Å². The zero-order valence-electron chi connectivity index (χ0n) is 10.5. The van der Waals surface area contributed by atoms with Crippen LogP contribution in [-0.2, 0) is 0 Å². The molecular weight excluding hydrogens is 184 g/mol. The van der Waals surface area contributed by atoms with Gasteiger partial charge >= 0.3 is 0 Å². The normalized spacial score (nSPS) is 47.6. The molecule has 2 heteroatoms. The standard InChI is InChI=1S/C13H26N2/c1-10-4-5-12(3)15(8-10)13(9-14)6-11(2)7-13/h10-12H,4-9,14H2,1-3H3. The van der Waals surface area contributed by atoms with E-state index in [1.807, 2.05) is 0 Å². The van der Waals surface area contributed by atoms with Gasteiger partial charge in [-0.05, 0) is 44.4 Å². The average Bonchev–Trinajstić information content (AvgIpc) is 2.17. The first kappa shape index (κ1) is 11.4. The summed E-state index contributed by atoms with van der Waals surface area (Å²) in [5.41, 5.74) is 6.40. The van der Waals surface area contributed by atoms with Crippen molar-refractivity contribution in [3.63, 3.8) is 0 Å². The zero-order chi connectivity index (χ0) is 11.1. The van der Waals surface area contributed by atoms with Gasteiger partial charge in [-0.3, -0.25) is 4.90 Å². The van der Waals surface area contributed by atoms with Crippen molar-refractivity contribution < 1.29 is 0 Å². The van der Waals surface area contributed by atoms with E-state index in [1.54, 1.807) is 0 Å². The van der Waals surface area contributed by atoms with Gasteiger partial charge in [0.15, 0.2) is 0 Å². The van der Waals surface area contributed by atoms with Gasteiger partial charge < -0.3 is 5.73 Å². The molecule has 0 aromatic carbocycles. The fourth-order valence-corrected chi connectivity index (χ4v) is 3.71. The Bertz CT molecular complexity index is 221. The van der Waals surface area contributed by atoms with Crippen molar-refractivity contribution >= 4 is 0 Å². The minimum absolute atomic E-state index is 0.369. The summed E-state index contributed by atoms with van der Waals surface area (Å²) in [5.74, 6) is 1.75. The van der Waals surface area contributed by atoms with Gasteiger partial charge in [-0.1, -0.05) is 13.8 Å². The second-order valence-corrected chi connectivity index (χ2v) is 6.13. The Hall–Kier alpha value is -0.0800. The molecule has 2 aliphatic rings. The summed E-state index contributed by atoms with van der Waals surface area (Å²) in [6.45, 7) is 9.24. The number of nitrogens with two attached hydrogens (primary N) is 1. The molecular formula is C13H26N2. The summed E-state index contributed by atoms with van der Waals surface area (Å²) in [6.07, 6.45) is 5.40. The summed E-state index contributed by atoms with van der Waals surface area (Å²) >= 11 is 0. The lowest BCUT2D eigenvalue weighted by molar-refractivity contribution is -0.0623. The molecule has 1 saturated carbocycles. The van der Waals surface area contributed by atoms with Crippen LogP contribution in [0, 0.1) is 11.8 Å². The van der Waals surface area contributed by atoms with E-state index >= 15 is 0 Å². The predicted octanol–water partition coefficient (Wildman–Crippen LogP) is 2.23. The number of hydrogen-bond donors (Lipinski definition) is 1. The van der Waals surface area contributed by atoms with Gasteiger partial charge in [0, 0.05) is 24.7 Å². The first-order chi connectivity index (χ1) is 7.07. The van der Waals surface area contributed by atoms with E-state index in [2.05, 4.69) is 25.7 Å². The Morgan fingerprint density at radius 2 is 1.80 bits per heavy atom. The molecule has 1 aliphatic heterocycles. The minimum Gasteiger partial charge on any atom is -0.329 e. The summed E-state index contributed by atoms with van der Waals surface area (Å²) in [4.78, 5) is 2.72. The van der Waals surface area contributed by atoms with Crippen molar-refractivity contribution in [2.24, 2.45) is 17.6 Å². The molecule has 0 aromatic heterocycles. The summed E-state index contributed by atoms with van der Waals surface area (Å²) in [5, 5.41) is 0. The molecule has 0 aromatic rings. The highest BCUT2D eigenvalue weighted by Gasteiger charge is 2.48. The van der Waals surface area contributed by atoms with Crippen molar-refractivity contribution in [3.8, 4) is 0 Å². The molecule has 1 heterocycles. The van der Waals surface area contributed by atoms with Crippen LogP contribution in [0.2, 0.25) is 0 Å². The predicted molar refractivity (Wildman–Crippen MR) is 64.7 cm³/mol. The van der Waals surface area contributed by atoms with Gasteiger partial charge in [0.2, 0.25) is 0 Å². The summed E-state index contributed by atoms with van der Waals surface area (Å²) in [7, 11) is 0. The molecule has 1 saturated heterocycles. The first-order valence-corrected chi connectivity index (χ1v) is 6.54. The smallest absolute Gasteiger partial charge is 0.0339 e. The largest absolute Gasteiger partial charge is 0.329 e. The van der Waals surface area contributed by atoms with E-state index in [-0.39, 0.29) is 0 Å². The number of rotatable bonds is 2. The second kappa shape index (κ2) is 4.06. The fourth-order valence-electron chi connectivity index (χ4n) is 3.71. The number of piperidine rings is 1. The van der Waals surface area contributed by atoms with Crippen LogP contribution in [0.4, 0.5) is 0 Å². The van der Waals surface area contributed by atoms with Crippen molar-refractivity contribution in [1.29, 1.82) is 0 Å². The molecule has 2 unspecified atom stereocenters. The quantitative estimate of drug-likeness (QED) is 0.757. The van der Waals surface area contributed by atoms with Crippen molar-refractivity contribution in [2.75, 3.05) is 13.1 Å². The van der Waals surface area contributed by atoms with E-state index in [9.17, 15) is 0 Å². The molecule has 0 radical (unpaired) electrons. The number of likely N-dealkylation sites (tertiary alicyclic amines) is 1. The first-order valence-electron chi connectivity index (χ1n) is 6.54. The topological polar surface area (TPSA) is 29.3 Å². The monoisotopic (exact) mass is 210 g/mol. The van der Waals surface area contributed by atoms with E-state index in [4.69, 9.17) is 5.73 Å². The van der Waals surface area contributed by atoms with Crippen LogP contribution < -0.4 is 5.73 Å². The van der Waals surface area contributed by atoms with Crippen LogP contribution in [0.25, 0.3) is 0 Å². The Labute approximate surface area is 94.2 Å². The second-order valence-electron chi connectivity index (χ2n) is 6.13. The van der Waals surface area contributed by atoms with Gasteiger partial charge in [-0.15, -0.1) is 0 Å². The Morgan fingerprint density at radius 1 is 1.13 bits per heavy atom. The number of nitrogens with zero attached hydrogens (tertiary/aromatic N) is 1. The lowest BCUT2D eigenvalue weighted by atomic mass is 9.66. The molecule has 2 nitrogen and oxygen atoms in total. The van der Waals surface area contributed by atoms with Crippen LogP contribution in [0.15, 0.2) is 0 Å². The fraction of sp³-hybridized carbons (Fsp3) is 1.00. The number of hydrogen-bond acceptors (Lipinski definition) is 2. The Kier molecular flexibility index (Phi) is 3.09. The maximum atomic E-state index is 6.03. The maximum absolute atomic E-state index is 6.03. The minimum atomic E-state index is 0.369. The Morgan fingerprint density at radius 3 is 2.33 bits per heavy atom. The molecule has 2 atom stereocenters. The SMILES string of the molecule is CC1CCC(C)N(C2(CN)CC(C)C2)C1. The highest BCUT2D eigenvalue weighted by molar-refractivity contribution is 5.04. The molecule has 1 aliphatic carbocycles. The lowest BCUT2D eigenvalue weighted by Crippen LogP contribution is -2.65. The average molecular weight is 210 g/mol. The maximum Gasteiger partial charge on any atom is 0.0339 e. The van der Waals surface area contributed by atoms with Crippen LogP contribution in [-0.4, -0.2) is 29.6 Å². The van der Waals surface area contributed by atoms with E-state index in [0.29, 0.717) is 5.54 Å². The van der Waals surface area contributed by atoms with Gasteiger partial charge in [0.05, 0.1) is 0 Å². The third kappa shape index (κ3) is 1.94. The van der Waals surface area contributed by atoms with E-state index in [0.717, 1.165) is 24.4 Å². The molecule has 0 spiro atoms. The van der Waals surface area contributed by atoms with Crippen LogP contribution in [0.1, 0.15) is 46.5 Å². The van der Waals surface area contributed by atoms with E-state index in [1.165, 1.54) is 32.2 Å². The van der Waals surface area contributed by atoms with Gasteiger partial charge in [-0.2, -0.15) is 0 Å². The van der Waals surface area contributed by atoms with Crippen LogP contribution >= 0.6 is 0 Å². The summed E-state index contributed by atoms with van der Waals surface area (Å²) < 4.78 is 0. The molecule has 15 heavy (non-hydrogen) atoms. The highest BCUT2D eigenvalue weighted by atomic mass is 15.3. The zero-order valence-corrected chi connectivity index (χ0v) is 10.5. The van der Waals surface area contributed by atoms with Gasteiger partial charge in [0.1, 0.15) is 0 Å². The van der Waals surface area contributed by atoms with Crippen molar-refractivity contribution in [3.05, 3.63) is 0 Å². The molecule has 2 rings (SSSR count). The molecule has 88 valence electrons. The third-order valence-electron chi connectivity index (χ3n) is 4.56. The van der Waals surface area contributed by atoms with Crippen LogP contribution in [0.5, 0.6) is 0 Å². The van der Waals surface area contributed by atoms with Gasteiger partial charge in [0.25, 0.3) is 0 Å². The molecule has 2 N–H and O–H groups in total. The molecule has 0 amide bonds. The third-order valence-corrected chi connectivity index (χ3v) is 4.56. The van der Waals surface area contributed by atoms with Gasteiger partial charge in [-0.25, -0.2) is 0 Å². The van der Waals surface area contributed by atoms with Crippen molar-refractivity contribution in [1.82, 2.24) is 4.90 Å². The Balaban J connectivity index is 2.06. The summed E-state index contributed by atoms with van der Waals surface area (Å²) in [6, 6.07) is 0.747. The lowest BCUT2D eigenvalue weighted by Gasteiger charge is -2.57. The van der Waals surface area contributed by atoms with Crippen LogP contribution in [0.3, 0.4) is 0 Å². The molecule has 0 bridgehead atoms.